The van der Waals surface area contributed by atoms with Crippen molar-refractivity contribution in [3.63, 3.8) is 0 Å². The molecule has 19 heavy (non-hydrogen) atoms. The fourth-order valence-electron chi connectivity index (χ4n) is 2.29. The molecular formula is C13H18BrN3O2. The van der Waals surface area contributed by atoms with Crippen LogP contribution in [0.1, 0.15) is 19.4 Å². The Morgan fingerprint density at radius 2 is 2.26 bits per heavy atom. The van der Waals surface area contributed by atoms with Crippen LogP contribution in [0.5, 0.6) is 0 Å². The first kappa shape index (κ1) is 14.1. The molecule has 5 nitrogen and oxygen atoms in total. The maximum Gasteiger partial charge on any atom is 0.173 e. The number of morpholine rings is 1. The number of anilines is 1. The van der Waals surface area contributed by atoms with Crippen molar-refractivity contribution < 1.29 is 9.94 Å². The first-order valence-corrected chi connectivity index (χ1v) is 6.98. The van der Waals surface area contributed by atoms with Gasteiger partial charge in [-0.15, -0.1) is 0 Å². The number of nitrogens with two attached hydrogens (primary N) is 1. The predicted octanol–water partition coefficient (Wildman–Crippen LogP) is 2.16. The number of rotatable bonds is 2. The standard InChI is InChI=1S/C13H18BrN3O2/c1-8-7-19-9(2)6-17(8)11-5-3-4-10(14)12(11)13(15)16-18/h3-5,8-9,18H,6-7H2,1-2H3,(H2,15,16). The molecule has 1 aliphatic rings. The molecule has 1 aliphatic heterocycles. The van der Waals surface area contributed by atoms with E-state index in [1.165, 1.54) is 0 Å². The lowest BCUT2D eigenvalue weighted by molar-refractivity contribution is 0.0343. The lowest BCUT2D eigenvalue weighted by atomic mass is 10.1. The molecule has 0 saturated carbocycles. The number of oxime groups is 1. The Morgan fingerprint density at radius 3 is 2.95 bits per heavy atom. The van der Waals surface area contributed by atoms with Crippen LogP contribution in [-0.2, 0) is 4.74 Å². The summed E-state index contributed by atoms with van der Waals surface area (Å²) in [6, 6.07) is 6.05. The molecule has 1 heterocycles. The molecule has 0 spiro atoms. The van der Waals surface area contributed by atoms with E-state index in [0.29, 0.717) is 12.2 Å². The quantitative estimate of drug-likeness (QED) is 0.378. The number of hydrogen-bond acceptors (Lipinski definition) is 4. The minimum atomic E-state index is 0.105. The van der Waals surface area contributed by atoms with Gasteiger partial charge in [0.05, 0.1) is 18.3 Å². The van der Waals surface area contributed by atoms with Gasteiger partial charge in [-0.2, -0.15) is 0 Å². The topological polar surface area (TPSA) is 71.1 Å². The van der Waals surface area contributed by atoms with E-state index in [4.69, 9.17) is 15.7 Å². The van der Waals surface area contributed by atoms with Gasteiger partial charge in [-0.25, -0.2) is 0 Å². The highest BCUT2D eigenvalue weighted by molar-refractivity contribution is 9.10. The van der Waals surface area contributed by atoms with Crippen molar-refractivity contribution in [2.75, 3.05) is 18.1 Å². The van der Waals surface area contributed by atoms with Gasteiger partial charge in [0.1, 0.15) is 0 Å². The van der Waals surface area contributed by atoms with E-state index in [2.05, 4.69) is 32.9 Å². The Labute approximate surface area is 121 Å². The molecule has 1 saturated heterocycles. The number of halogens is 1. The van der Waals surface area contributed by atoms with Gasteiger partial charge in [-0.1, -0.05) is 11.2 Å². The van der Waals surface area contributed by atoms with Crippen LogP contribution >= 0.6 is 15.9 Å². The third-order valence-corrected chi connectivity index (χ3v) is 3.93. The highest BCUT2D eigenvalue weighted by Crippen LogP contribution is 2.30. The molecule has 0 radical (unpaired) electrons. The van der Waals surface area contributed by atoms with E-state index >= 15 is 0 Å². The van der Waals surface area contributed by atoms with Crippen LogP contribution in [0, 0.1) is 0 Å². The summed E-state index contributed by atoms with van der Waals surface area (Å²) in [6.07, 6.45) is 0.162. The summed E-state index contributed by atoms with van der Waals surface area (Å²) in [7, 11) is 0. The van der Waals surface area contributed by atoms with Gasteiger partial charge in [0, 0.05) is 22.7 Å². The fraction of sp³-hybridized carbons (Fsp3) is 0.462. The zero-order valence-corrected chi connectivity index (χ0v) is 12.6. The molecule has 0 amide bonds. The maximum absolute atomic E-state index is 8.95. The molecule has 3 N–H and O–H groups in total. The smallest absolute Gasteiger partial charge is 0.173 e. The third-order valence-electron chi connectivity index (χ3n) is 3.27. The van der Waals surface area contributed by atoms with Crippen molar-refractivity contribution in [2.24, 2.45) is 10.9 Å². The fourth-order valence-corrected chi connectivity index (χ4v) is 2.85. The molecule has 1 fully saturated rings. The van der Waals surface area contributed by atoms with E-state index < -0.39 is 0 Å². The summed E-state index contributed by atoms with van der Waals surface area (Å²) >= 11 is 3.46. The first-order chi connectivity index (χ1) is 9.04. The van der Waals surface area contributed by atoms with Crippen LogP contribution in [0.4, 0.5) is 5.69 Å². The average molecular weight is 328 g/mol. The van der Waals surface area contributed by atoms with Crippen LogP contribution in [0.15, 0.2) is 27.8 Å². The van der Waals surface area contributed by atoms with Crippen LogP contribution in [0.25, 0.3) is 0 Å². The number of benzene rings is 1. The normalized spacial score (nSPS) is 24.6. The van der Waals surface area contributed by atoms with Gasteiger partial charge < -0.3 is 20.6 Å². The lowest BCUT2D eigenvalue weighted by Gasteiger charge is -2.39. The zero-order valence-electron chi connectivity index (χ0n) is 11.0. The van der Waals surface area contributed by atoms with Crippen molar-refractivity contribution >= 4 is 27.5 Å². The minimum Gasteiger partial charge on any atom is -0.409 e. The summed E-state index contributed by atoms with van der Waals surface area (Å²) in [5.74, 6) is 0.105. The second-order valence-corrected chi connectivity index (χ2v) is 5.62. The molecule has 0 bridgehead atoms. The van der Waals surface area contributed by atoms with Crippen LogP contribution < -0.4 is 10.6 Å². The van der Waals surface area contributed by atoms with Gasteiger partial charge >= 0.3 is 0 Å². The third kappa shape index (κ3) is 2.84. The molecule has 1 aromatic carbocycles. The number of ether oxygens (including phenoxy) is 1. The van der Waals surface area contributed by atoms with Gasteiger partial charge in [-0.05, 0) is 41.9 Å². The van der Waals surface area contributed by atoms with Gasteiger partial charge in [0.15, 0.2) is 5.84 Å². The lowest BCUT2D eigenvalue weighted by Crippen LogP contribution is -2.48. The Bertz CT molecular complexity index is 493. The molecule has 0 aliphatic carbocycles. The number of amidine groups is 1. The van der Waals surface area contributed by atoms with E-state index in [1.807, 2.05) is 25.1 Å². The van der Waals surface area contributed by atoms with Crippen molar-refractivity contribution in [1.29, 1.82) is 0 Å². The van der Waals surface area contributed by atoms with Crippen molar-refractivity contribution in [1.82, 2.24) is 0 Å². The van der Waals surface area contributed by atoms with Crippen molar-refractivity contribution in [3.05, 3.63) is 28.2 Å². The molecular weight excluding hydrogens is 310 g/mol. The van der Waals surface area contributed by atoms with E-state index in [0.717, 1.165) is 16.7 Å². The SMILES string of the molecule is CC1CN(c2cccc(Br)c2/C(N)=N/O)C(C)CO1. The molecule has 2 unspecified atom stereocenters. The van der Waals surface area contributed by atoms with E-state index in [-0.39, 0.29) is 18.0 Å². The zero-order chi connectivity index (χ0) is 14.0. The van der Waals surface area contributed by atoms with Gasteiger partial charge in [0.2, 0.25) is 0 Å². The summed E-state index contributed by atoms with van der Waals surface area (Å²) in [5.41, 5.74) is 7.46. The monoisotopic (exact) mass is 327 g/mol. The molecule has 1 aromatic rings. The van der Waals surface area contributed by atoms with Crippen LogP contribution in [-0.4, -0.2) is 36.3 Å². The van der Waals surface area contributed by atoms with Crippen molar-refractivity contribution in [2.45, 2.75) is 26.0 Å². The summed E-state index contributed by atoms with van der Waals surface area (Å²) in [6.45, 7) is 5.59. The Morgan fingerprint density at radius 1 is 1.53 bits per heavy atom. The maximum atomic E-state index is 8.95. The summed E-state index contributed by atoms with van der Waals surface area (Å²) in [5, 5.41) is 12.1. The first-order valence-electron chi connectivity index (χ1n) is 6.19. The van der Waals surface area contributed by atoms with Gasteiger partial charge in [-0.3, -0.25) is 0 Å². The molecule has 104 valence electrons. The molecule has 0 aromatic heterocycles. The number of nitrogens with zero attached hydrogens (tertiary/aromatic N) is 2. The average Bonchev–Trinajstić information content (AvgIpc) is 2.40. The van der Waals surface area contributed by atoms with Crippen LogP contribution in [0.3, 0.4) is 0 Å². The highest BCUT2D eigenvalue weighted by atomic mass is 79.9. The van der Waals surface area contributed by atoms with Crippen molar-refractivity contribution in [3.8, 4) is 0 Å². The Balaban J connectivity index is 2.46. The second-order valence-electron chi connectivity index (χ2n) is 4.76. The minimum absolute atomic E-state index is 0.105. The largest absolute Gasteiger partial charge is 0.409 e. The van der Waals surface area contributed by atoms with Gasteiger partial charge in [0.25, 0.3) is 0 Å². The number of hydrogen-bond donors (Lipinski definition) is 2. The Hall–Kier alpha value is -1.27. The Kier molecular flexibility index (Phi) is 4.31. The molecule has 2 rings (SSSR count). The summed E-state index contributed by atoms with van der Waals surface area (Å²) < 4.78 is 6.45. The highest BCUT2D eigenvalue weighted by Gasteiger charge is 2.26. The second kappa shape index (κ2) is 5.79. The molecule has 6 heteroatoms. The van der Waals surface area contributed by atoms with E-state index in [9.17, 15) is 0 Å². The van der Waals surface area contributed by atoms with Crippen LogP contribution in [0.2, 0.25) is 0 Å². The predicted molar refractivity (Wildman–Crippen MR) is 78.9 cm³/mol. The van der Waals surface area contributed by atoms with E-state index in [1.54, 1.807) is 0 Å². The molecule has 2 atom stereocenters. The summed E-state index contributed by atoms with van der Waals surface area (Å²) in [4.78, 5) is 2.23.